The Hall–Kier alpha value is -1.69. The molecule has 0 unspecified atom stereocenters. The molecule has 0 saturated heterocycles. The second-order valence-electron chi connectivity index (χ2n) is 5.12. The lowest BCUT2D eigenvalue weighted by atomic mass is 10.1. The maximum atomic E-state index is 8.75. The lowest BCUT2D eigenvalue weighted by molar-refractivity contribution is 0.236. The number of nitriles is 1. The summed E-state index contributed by atoms with van der Waals surface area (Å²) in [6.45, 7) is 4.63. The highest BCUT2D eigenvalue weighted by atomic mass is 16.5. The van der Waals surface area contributed by atoms with Crippen molar-refractivity contribution in [3.63, 3.8) is 0 Å². The lowest BCUT2D eigenvalue weighted by Gasteiger charge is -2.16. The van der Waals surface area contributed by atoms with E-state index >= 15 is 0 Å². The van der Waals surface area contributed by atoms with Crippen LogP contribution in [0, 0.1) is 30.6 Å². The molecule has 0 spiro atoms. The molecule has 1 aromatic carbocycles. The van der Waals surface area contributed by atoms with Gasteiger partial charge in [-0.15, -0.1) is 0 Å². The molecule has 0 bridgehead atoms. The van der Waals surface area contributed by atoms with Crippen LogP contribution in [0.25, 0.3) is 0 Å². The van der Waals surface area contributed by atoms with Crippen molar-refractivity contribution in [3.05, 3.63) is 23.3 Å². The number of rotatable bonds is 4. The third kappa shape index (κ3) is 2.52. The van der Waals surface area contributed by atoms with E-state index in [0.717, 1.165) is 29.7 Å². The van der Waals surface area contributed by atoms with Crippen molar-refractivity contribution in [3.8, 4) is 11.8 Å². The van der Waals surface area contributed by atoms with Crippen LogP contribution in [0.1, 0.15) is 30.4 Å². The van der Waals surface area contributed by atoms with Gasteiger partial charge in [-0.3, -0.25) is 0 Å². The standard InChI is InChI=1S/C14H18N2O/c1-10-7-11(2)13(12(16)8-10)17-9-14(3-4-14)5-6-15/h7-8H,3-5,9,16H2,1-2H3. The summed E-state index contributed by atoms with van der Waals surface area (Å²) < 4.78 is 5.83. The van der Waals surface area contributed by atoms with Crippen LogP contribution in [-0.2, 0) is 0 Å². The quantitative estimate of drug-likeness (QED) is 0.809. The molecule has 1 aliphatic rings. The van der Waals surface area contributed by atoms with E-state index in [1.165, 1.54) is 0 Å². The molecular formula is C14H18N2O. The highest BCUT2D eigenvalue weighted by molar-refractivity contribution is 5.58. The van der Waals surface area contributed by atoms with E-state index in [1.807, 2.05) is 19.9 Å². The van der Waals surface area contributed by atoms with Gasteiger partial charge in [0, 0.05) is 11.8 Å². The number of hydrogen-bond acceptors (Lipinski definition) is 3. The third-order valence-electron chi connectivity index (χ3n) is 3.38. The Bertz CT molecular complexity index is 447. The Morgan fingerprint density at radius 3 is 2.65 bits per heavy atom. The number of ether oxygens (including phenoxy) is 1. The van der Waals surface area contributed by atoms with Crippen LogP contribution >= 0.6 is 0 Å². The second kappa shape index (κ2) is 4.29. The number of hydrogen-bond donors (Lipinski definition) is 1. The zero-order chi connectivity index (χ0) is 12.5. The zero-order valence-electron chi connectivity index (χ0n) is 10.4. The smallest absolute Gasteiger partial charge is 0.145 e. The molecular weight excluding hydrogens is 212 g/mol. The summed E-state index contributed by atoms with van der Waals surface area (Å²) >= 11 is 0. The van der Waals surface area contributed by atoms with Crippen LogP contribution in [0.5, 0.6) is 5.75 Å². The Labute approximate surface area is 102 Å². The molecule has 1 fully saturated rings. The van der Waals surface area contributed by atoms with Gasteiger partial charge in [0.15, 0.2) is 0 Å². The fourth-order valence-electron chi connectivity index (χ4n) is 2.13. The summed E-state index contributed by atoms with van der Waals surface area (Å²) in [6, 6.07) is 6.22. The molecule has 3 nitrogen and oxygen atoms in total. The van der Waals surface area contributed by atoms with Crippen LogP contribution in [0.3, 0.4) is 0 Å². The molecule has 0 atom stereocenters. The van der Waals surface area contributed by atoms with Gasteiger partial charge >= 0.3 is 0 Å². The van der Waals surface area contributed by atoms with Crippen LogP contribution in [0.15, 0.2) is 12.1 Å². The van der Waals surface area contributed by atoms with Gasteiger partial charge in [-0.25, -0.2) is 0 Å². The van der Waals surface area contributed by atoms with E-state index in [4.69, 9.17) is 15.7 Å². The average Bonchev–Trinajstić information content (AvgIpc) is 2.97. The van der Waals surface area contributed by atoms with Crippen molar-refractivity contribution in [1.82, 2.24) is 0 Å². The molecule has 3 heteroatoms. The molecule has 17 heavy (non-hydrogen) atoms. The molecule has 1 saturated carbocycles. The molecule has 0 amide bonds. The highest BCUT2D eigenvalue weighted by Gasteiger charge is 2.43. The Morgan fingerprint density at radius 1 is 1.41 bits per heavy atom. The van der Waals surface area contributed by atoms with Gasteiger partial charge in [-0.05, 0) is 43.9 Å². The minimum absolute atomic E-state index is 0.0958. The third-order valence-corrected chi connectivity index (χ3v) is 3.38. The number of benzene rings is 1. The average molecular weight is 230 g/mol. The van der Waals surface area contributed by atoms with Crippen LogP contribution in [0.2, 0.25) is 0 Å². The van der Waals surface area contributed by atoms with Gasteiger partial charge < -0.3 is 10.5 Å². The normalized spacial score (nSPS) is 16.3. The van der Waals surface area contributed by atoms with Crippen molar-refractivity contribution in [2.24, 2.45) is 5.41 Å². The highest BCUT2D eigenvalue weighted by Crippen LogP contribution is 2.49. The van der Waals surface area contributed by atoms with Crippen LogP contribution < -0.4 is 10.5 Å². The molecule has 0 aromatic heterocycles. The molecule has 0 radical (unpaired) electrons. The van der Waals surface area contributed by atoms with E-state index < -0.39 is 0 Å². The number of nitrogens with two attached hydrogens (primary N) is 1. The van der Waals surface area contributed by atoms with E-state index in [2.05, 4.69) is 12.1 Å². The molecule has 2 N–H and O–H groups in total. The van der Waals surface area contributed by atoms with Gasteiger partial charge in [-0.1, -0.05) is 6.07 Å². The Morgan fingerprint density at radius 2 is 2.12 bits per heavy atom. The van der Waals surface area contributed by atoms with E-state index in [0.29, 0.717) is 18.7 Å². The molecule has 2 rings (SSSR count). The minimum atomic E-state index is 0.0958. The first-order valence-corrected chi connectivity index (χ1v) is 5.93. The maximum Gasteiger partial charge on any atom is 0.145 e. The number of nitrogens with zero attached hydrogens (tertiary/aromatic N) is 1. The van der Waals surface area contributed by atoms with Crippen molar-refractivity contribution < 1.29 is 4.74 Å². The summed E-state index contributed by atoms with van der Waals surface area (Å²) in [6.07, 6.45) is 2.76. The first-order valence-electron chi connectivity index (χ1n) is 5.93. The minimum Gasteiger partial charge on any atom is -0.491 e. The van der Waals surface area contributed by atoms with E-state index in [-0.39, 0.29) is 5.41 Å². The predicted octanol–water partition coefficient (Wildman–Crippen LogP) is 2.96. The summed E-state index contributed by atoms with van der Waals surface area (Å²) in [5.74, 6) is 0.778. The van der Waals surface area contributed by atoms with Gasteiger partial charge in [-0.2, -0.15) is 5.26 Å². The maximum absolute atomic E-state index is 8.75. The zero-order valence-corrected chi connectivity index (χ0v) is 10.4. The van der Waals surface area contributed by atoms with Gasteiger partial charge in [0.25, 0.3) is 0 Å². The first kappa shape index (κ1) is 11.8. The SMILES string of the molecule is Cc1cc(C)c(OCC2(CC#N)CC2)c(N)c1. The summed E-state index contributed by atoms with van der Waals surface area (Å²) in [7, 11) is 0. The molecule has 90 valence electrons. The number of anilines is 1. The van der Waals surface area contributed by atoms with Gasteiger partial charge in [0.2, 0.25) is 0 Å². The van der Waals surface area contributed by atoms with Gasteiger partial charge in [0.1, 0.15) is 5.75 Å². The lowest BCUT2D eigenvalue weighted by Crippen LogP contribution is -2.13. The first-order chi connectivity index (χ1) is 8.06. The van der Waals surface area contributed by atoms with Gasteiger partial charge in [0.05, 0.1) is 18.4 Å². The fourth-order valence-corrected chi connectivity index (χ4v) is 2.13. The van der Waals surface area contributed by atoms with Crippen molar-refractivity contribution in [2.75, 3.05) is 12.3 Å². The van der Waals surface area contributed by atoms with E-state index in [1.54, 1.807) is 0 Å². The molecule has 1 aliphatic carbocycles. The Balaban J connectivity index is 2.07. The van der Waals surface area contributed by atoms with Crippen molar-refractivity contribution in [1.29, 1.82) is 5.26 Å². The summed E-state index contributed by atoms with van der Waals surface area (Å²) in [5, 5.41) is 8.75. The topological polar surface area (TPSA) is 59.0 Å². The fraction of sp³-hybridized carbons (Fsp3) is 0.500. The summed E-state index contributed by atoms with van der Waals surface area (Å²) in [4.78, 5) is 0. The second-order valence-corrected chi connectivity index (χ2v) is 5.12. The number of aryl methyl sites for hydroxylation is 2. The number of nitrogen functional groups attached to an aromatic ring is 1. The van der Waals surface area contributed by atoms with Crippen molar-refractivity contribution in [2.45, 2.75) is 33.1 Å². The monoisotopic (exact) mass is 230 g/mol. The molecule has 0 aliphatic heterocycles. The van der Waals surface area contributed by atoms with Crippen LogP contribution in [-0.4, -0.2) is 6.61 Å². The largest absolute Gasteiger partial charge is 0.491 e. The molecule has 0 heterocycles. The van der Waals surface area contributed by atoms with Crippen LogP contribution in [0.4, 0.5) is 5.69 Å². The summed E-state index contributed by atoms with van der Waals surface area (Å²) in [5.41, 5.74) is 8.95. The predicted molar refractivity (Wildman–Crippen MR) is 67.7 cm³/mol. The molecule has 1 aromatic rings. The van der Waals surface area contributed by atoms with E-state index in [9.17, 15) is 0 Å². The van der Waals surface area contributed by atoms with Crippen molar-refractivity contribution >= 4 is 5.69 Å². The Kier molecular flexibility index (Phi) is 2.97.